The van der Waals surface area contributed by atoms with E-state index >= 15 is 0 Å². The van der Waals surface area contributed by atoms with Crippen molar-refractivity contribution in [1.82, 2.24) is 9.88 Å². The van der Waals surface area contributed by atoms with Crippen LogP contribution in [0.2, 0.25) is 0 Å². The smallest absolute Gasteiger partial charge is 0.226 e. The molecule has 1 aliphatic rings. The van der Waals surface area contributed by atoms with Gasteiger partial charge < -0.3 is 4.42 Å². The van der Waals surface area contributed by atoms with Gasteiger partial charge in [0, 0.05) is 24.2 Å². The third kappa shape index (κ3) is 3.35. The molecule has 0 saturated heterocycles. The van der Waals surface area contributed by atoms with Gasteiger partial charge in [0.2, 0.25) is 5.89 Å². The van der Waals surface area contributed by atoms with Gasteiger partial charge in [-0.3, -0.25) is 4.90 Å². The first kappa shape index (κ1) is 14.3. The zero-order valence-electron chi connectivity index (χ0n) is 13.1. The van der Waals surface area contributed by atoms with Gasteiger partial charge in [0.25, 0.3) is 0 Å². The molecule has 1 saturated carbocycles. The molecular weight excluding hydrogens is 260 g/mol. The summed E-state index contributed by atoms with van der Waals surface area (Å²) in [5, 5.41) is 0. The van der Waals surface area contributed by atoms with Gasteiger partial charge in [0.15, 0.2) is 0 Å². The summed E-state index contributed by atoms with van der Waals surface area (Å²) in [6, 6.07) is 11.4. The number of hydrogen-bond acceptors (Lipinski definition) is 3. The molecule has 1 atom stereocenters. The Morgan fingerprint density at radius 3 is 2.52 bits per heavy atom. The molecule has 3 rings (SSSR count). The van der Waals surface area contributed by atoms with Crippen LogP contribution in [-0.4, -0.2) is 22.0 Å². The fourth-order valence-corrected chi connectivity index (χ4v) is 2.67. The van der Waals surface area contributed by atoms with Crippen LogP contribution in [-0.2, 0) is 6.54 Å². The Morgan fingerprint density at radius 1 is 1.19 bits per heavy atom. The summed E-state index contributed by atoms with van der Waals surface area (Å²) in [6.45, 7) is 7.79. The highest BCUT2D eigenvalue weighted by Gasteiger charge is 2.33. The standard InChI is InChI=1S/C18H24N2O/c1-13(2)14(3)20(17-9-10-17)11-16-12-21-18(19-16)15-7-5-4-6-8-15/h4-8,12-14,17H,9-11H2,1-3H3. The van der Waals surface area contributed by atoms with E-state index in [0.29, 0.717) is 12.0 Å². The Labute approximate surface area is 127 Å². The molecule has 3 heteroatoms. The van der Waals surface area contributed by atoms with Crippen LogP contribution in [0.25, 0.3) is 11.5 Å². The first-order chi connectivity index (χ1) is 10.1. The maximum atomic E-state index is 5.65. The van der Waals surface area contributed by atoms with E-state index in [1.165, 1.54) is 12.8 Å². The second-order valence-corrected chi connectivity index (χ2v) is 6.40. The maximum absolute atomic E-state index is 5.65. The van der Waals surface area contributed by atoms with E-state index in [0.717, 1.165) is 29.7 Å². The zero-order chi connectivity index (χ0) is 14.8. The van der Waals surface area contributed by atoms with Crippen LogP contribution in [0.15, 0.2) is 41.0 Å². The number of rotatable bonds is 6. The average molecular weight is 284 g/mol. The molecule has 1 aromatic heterocycles. The average Bonchev–Trinajstić information content (AvgIpc) is 3.23. The molecule has 1 unspecified atom stereocenters. The molecule has 112 valence electrons. The Bertz CT molecular complexity index is 572. The molecule has 0 spiro atoms. The molecule has 1 aromatic carbocycles. The van der Waals surface area contributed by atoms with Crippen molar-refractivity contribution in [3.8, 4) is 11.5 Å². The highest BCUT2D eigenvalue weighted by atomic mass is 16.3. The van der Waals surface area contributed by atoms with E-state index in [4.69, 9.17) is 4.42 Å². The molecule has 2 aromatic rings. The molecule has 0 amide bonds. The predicted octanol–water partition coefficient (Wildman–Crippen LogP) is 4.35. The lowest BCUT2D eigenvalue weighted by molar-refractivity contribution is 0.148. The molecular formula is C18H24N2O. The van der Waals surface area contributed by atoms with Crippen LogP contribution < -0.4 is 0 Å². The summed E-state index contributed by atoms with van der Waals surface area (Å²) >= 11 is 0. The minimum Gasteiger partial charge on any atom is -0.444 e. The SMILES string of the molecule is CC(C)C(C)N(Cc1coc(-c2ccccc2)n1)C1CC1. The summed E-state index contributed by atoms with van der Waals surface area (Å²) in [5.74, 6) is 1.38. The molecule has 3 nitrogen and oxygen atoms in total. The Hall–Kier alpha value is -1.61. The largest absolute Gasteiger partial charge is 0.444 e. The number of oxazole rings is 1. The van der Waals surface area contributed by atoms with Crippen LogP contribution in [0.5, 0.6) is 0 Å². The Morgan fingerprint density at radius 2 is 1.90 bits per heavy atom. The second-order valence-electron chi connectivity index (χ2n) is 6.40. The van der Waals surface area contributed by atoms with Gasteiger partial charge in [-0.05, 0) is 37.8 Å². The van der Waals surface area contributed by atoms with Gasteiger partial charge in [-0.25, -0.2) is 4.98 Å². The van der Waals surface area contributed by atoms with Crippen molar-refractivity contribution in [1.29, 1.82) is 0 Å². The van der Waals surface area contributed by atoms with Gasteiger partial charge in [-0.2, -0.15) is 0 Å². The van der Waals surface area contributed by atoms with Crippen LogP contribution in [0.3, 0.4) is 0 Å². The van der Waals surface area contributed by atoms with Gasteiger partial charge in [-0.15, -0.1) is 0 Å². The van der Waals surface area contributed by atoms with Crippen molar-refractivity contribution < 1.29 is 4.42 Å². The maximum Gasteiger partial charge on any atom is 0.226 e. The number of nitrogens with zero attached hydrogens (tertiary/aromatic N) is 2. The van der Waals surface area contributed by atoms with E-state index in [-0.39, 0.29) is 0 Å². The molecule has 0 N–H and O–H groups in total. The number of hydrogen-bond donors (Lipinski definition) is 0. The summed E-state index contributed by atoms with van der Waals surface area (Å²) in [7, 11) is 0. The van der Waals surface area contributed by atoms with Crippen LogP contribution >= 0.6 is 0 Å². The van der Waals surface area contributed by atoms with Gasteiger partial charge in [0.05, 0.1) is 5.69 Å². The molecule has 0 radical (unpaired) electrons. The van der Waals surface area contributed by atoms with Crippen LogP contribution in [0, 0.1) is 5.92 Å². The molecule has 21 heavy (non-hydrogen) atoms. The fraction of sp³-hybridized carbons (Fsp3) is 0.500. The van der Waals surface area contributed by atoms with E-state index in [1.807, 2.05) is 36.6 Å². The van der Waals surface area contributed by atoms with Crippen molar-refractivity contribution >= 4 is 0 Å². The van der Waals surface area contributed by atoms with E-state index in [9.17, 15) is 0 Å². The quantitative estimate of drug-likeness (QED) is 0.789. The normalized spacial score (nSPS) is 16.6. The minimum absolute atomic E-state index is 0.578. The monoisotopic (exact) mass is 284 g/mol. The number of aromatic nitrogens is 1. The van der Waals surface area contributed by atoms with Crippen molar-refractivity contribution in [2.75, 3.05) is 0 Å². The highest BCUT2D eigenvalue weighted by molar-refractivity contribution is 5.52. The van der Waals surface area contributed by atoms with Gasteiger partial charge >= 0.3 is 0 Å². The summed E-state index contributed by atoms with van der Waals surface area (Å²) in [5.41, 5.74) is 2.08. The predicted molar refractivity (Wildman–Crippen MR) is 84.8 cm³/mol. The topological polar surface area (TPSA) is 29.3 Å². The summed E-state index contributed by atoms with van der Waals surface area (Å²) < 4.78 is 5.65. The Balaban J connectivity index is 1.74. The lowest BCUT2D eigenvalue weighted by Gasteiger charge is -2.31. The van der Waals surface area contributed by atoms with Gasteiger partial charge in [-0.1, -0.05) is 32.0 Å². The fourth-order valence-electron chi connectivity index (χ4n) is 2.67. The molecule has 0 aliphatic heterocycles. The third-order valence-electron chi connectivity index (χ3n) is 4.42. The van der Waals surface area contributed by atoms with Crippen molar-refractivity contribution in [2.45, 2.75) is 52.2 Å². The van der Waals surface area contributed by atoms with E-state index in [1.54, 1.807) is 0 Å². The first-order valence-electron chi connectivity index (χ1n) is 7.90. The third-order valence-corrected chi connectivity index (χ3v) is 4.42. The molecule has 1 heterocycles. The van der Waals surface area contributed by atoms with Gasteiger partial charge in [0.1, 0.15) is 6.26 Å². The second kappa shape index (κ2) is 6.02. The van der Waals surface area contributed by atoms with Crippen LogP contribution in [0.1, 0.15) is 39.3 Å². The number of benzene rings is 1. The van der Waals surface area contributed by atoms with E-state index in [2.05, 4.69) is 30.7 Å². The molecule has 1 fully saturated rings. The Kier molecular flexibility index (Phi) is 4.11. The van der Waals surface area contributed by atoms with Crippen molar-refractivity contribution in [3.05, 3.63) is 42.3 Å². The molecule has 0 bridgehead atoms. The van der Waals surface area contributed by atoms with Crippen molar-refractivity contribution in [2.24, 2.45) is 5.92 Å². The minimum atomic E-state index is 0.578. The summed E-state index contributed by atoms with van der Waals surface area (Å²) in [6.07, 6.45) is 4.45. The van der Waals surface area contributed by atoms with Crippen molar-refractivity contribution in [3.63, 3.8) is 0 Å². The van der Waals surface area contributed by atoms with E-state index < -0.39 is 0 Å². The van der Waals surface area contributed by atoms with Crippen LogP contribution in [0.4, 0.5) is 0 Å². The lowest BCUT2D eigenvalue weighted by atomic mass is 10.0. The first-order valence-corrected chi connectivity index (χ1v) is 7.90. The highest BCUT2D eigenvalue weighted by Crippen LogP contribution is 2.32. The zero-order valence-corrected chi connectivity index (χ0v) is 13.1. The summed E-state index contributed by atoms with van der Waals surface area (Å²) in [4.78, 5) is 7.24. The lowest BCUT2D eigenvalue weighted by Crippen LogP contribution is -2.38. The molecule has 1 aliphatic carbocycles.